The summed E-state index contributed by atoms with van der Waals surface area (Å²) in [5, 5.41) is 8.82. The molecular weight excluding hydrogens is 272 g/mol. The minimum atomic E-state index is 0.815. The van der Waals surface area contributed by atoms with Gasteiger partial charge in [-0.25, -0.2) is 4.68 Å². The summed E-state index contributed by atoms with van der Waals surface area (Å²) in [6.07, 6.45) is 3.98. The maximum absolute atomic E-state index is 4.41. The molecule has 4 heteroatoms. The van der Waals surface area contributed by atoms with Crippen molar-refractivity contribution in [2.24, 2.45) is 0 Å². The highest BCUT2D eigenvalue weighted by molar-refractivity contribution is 5.62. The maximum Gasteiger partial charge on any atom is 0.183 e. The zero-order valence-corrected chi connectivity index (χ0v) is 11.9. The van der Waals surface area contributed by atoms with E-state index in [1.807, 2.05) is 94.5 Å². The van der Waals surface area contributed by atoms with E-state index in [0.717, 1.165) is 22.8 Å². The molecule has 0 saturated carbocycles. The van der Waals surface area contributed by atoms with E-state index in [1.165, 1.54) is 0 Å². The van der Waals surface area contributed by atoms with Crippen molar-refractivity contribution in [3.63, 3.8) is 0 Å². The third kappa shape index (κ3) is 2.11. The lowest BCUT2D eigenvalue weighted by Crippen LogP contribution is -2.10. The lowest BCUT2D eigenvalue weighted by Gasteiger charge is -2.11. The minimum absolute atomic E-state index is 0.815. The zero-order chi connectivity index (χ0) is 14.8. The molecule has 0 fully saturated rings. The first-order chi connectivity index (χ1) is 10.9. The number of nitrogens with zero attached hydrogens (tertiary/aromatic N) is 4. The van der Waals surface area contributed by atoms with Crippen molar-refractivity contribution in [2.75, 3.05) is 0 Å². The van der Waals surface area contributed by atoms with Crippen LogP contribution in [0.4, 0.5) is 0 Å². The number of hydrogen-bond acceptors (Lipinski definition) is 2. The fraction of sp³-hybridized carbons (Fsp3) is 0. The normalized spacial score (nSPS) is 10.7. The molecule has 0 unspecified atom stereocenters. The Bertz CT molecular complexity index is 805. The summed E-state index contributed by atoms with van der Waals surface area (Å²) in [5.74, 6) is 1.63. The number of hydrogen-bond donors (Lipinski definition) is 0. The lowest BCUT2D eigenvalue weighted by molar-refractivity contribution is 0.675. The molecule has 22 heavy (non-hydrogen) atoms. The van der Waals surface area contributed by atoms with Crippen LogP contribution in [0.5, 0.6) is 0 Å². The Morgan fingerprint density at radius 3 is 1.45 bits per heavy atom. The summed E-state index contributed by atoms with van der Waals surface area (Å²) in [6, 6.07) is 24.2. The van der Waals surface area contributed by atoms with Crippen molar-refractivity contribution in [1.82, 2.24) is 19.5 Å². The second-order valence-electron chi connectivity index (χ2n) is 4.95. The van der Waals surface area contributed by atoms with Gasteiger partial charge in [0.1, 0.15) is 0 Å². The molecule has 0 atom stereocenters. The largest absolute Gasteiger partial charge is 0.261 e. The van der Waals surface area contributed by atoms with E-state index in [1.54, 1.807) is 0 Å². The van der Waals surface area contributed by atoms with E-state index in [4.69, 9.17) is 0 Å². The first kappa shape index (κ1) is 12.6. The molecule has 2 heterocycles. The molecule has 0 aliphatic rings. The average molecular weight is 286 g/mol. The van der Waals surface area contributed by atoms with Crippen LogP contribution < -0.4 is 0 Å². The summed E-state index contributed by atoms with van der Waals surface area (Å²) in [6.45, 7) is 0. The fourth-order valence-electron chi connectivity index (χ4n) is 2.49. The predicted molar refractivity (Wildman–Crippen MR) is 86.1 cm³/mol. The monoisotopic (exact) mass is 286 g/mol. The Kier molecular flexibility index (Phi) is 3.05. The van der Waals surface area contributed by atoms with Crippen LogP contribution in [0.1, 0.15) is 0 Å². The molecule has 4 aromatic rings. The van der Waals surface area contributed by atoms with Crippen LogP contribution in [0.25, 0.3) is 22.8 Å². The maximum atomic E-state index is 4.41. The van der Waals surface area contributed by atoms with Gasteiger partial charge in [0.25, 0.3) is 0 Å². The molecule has 2 aromatic carbocycles. The summed E-state index contributed by atoms with van der Waals surface area (Å²) in [7, 11) is 0. The van der Waals surface area contributed by atoms with Gasteiger partial charge < -0.3 is 0 Å². The minimum Gasteiger partial charge on any atom is -0.261 e. The van der Waals surface area contributed by atoms with Gasteiger partial charge in [0, 0.05) is 23.5 Å². The van der Waals surface area contributed by atoms with Crippen LogP contribution in [0, 0.1) is 0 Å². The quantitative estimate of drug-likeness (QED) is 0.575. The first-order valence-electron chi connectivity index (χ1n) is 7.13. The topological polar surface area (TPSA) is 35.6 Å². The molecule has 0 N–H and O–H groups in total. The van der Waals surface area contributed by atoms with E-state index < -0.39 is 0 Å². The van der Waals surface area contributed by atoms with Gasteiger partial charge >= 0.3 is 0 Å². The first-order valence-corrected chi connectivity index (χ1v) is 7.13. The van der Waals surface area contributed by atoms with Gasteiger partial charge in [0.05, 0.1) is 0 Å². The van der Waals surface area contributed by atoms with E-state index in [-0.39, 0.29) is 0 Å². The molecule has 2 aromatic heterocycles. The standard InChI is InChI=1S/C18H14N4/c1-3-9-15(10-4-1)17-19-20-18(16-11-5-2-6-12-16)22(17)21-13-7-8-14-21/h1-14H. The van der Waals surface area contributed by atoms with E-state index in [2.05, 4.69) is 10.2 Å². The van der Waals surface area contributed by atoms with Crippen molar-refractivity contribution in [2.45, 2.75) is 0 Å². The van der Waals surface area contributed by atoms with Crippen LogP contribution >= 0.6 is 0 Å². The molecular formula is C18H14N4. The van der Waals surface area contributed by atoms with Gasteiger partial charge in [-0.05, 0) is 12.1 Å². The third-order valence-electron chi connectivity index (χ3n) is 3.52. The molecule has 0 saturated heterocycles. The molecule has 0 bridgehead atoms. The number of benzene rings is 2. The highest BCUT2D eigenvalue weighted by Crippen LogP contribution is 2.24. The van der Waals surface area contributed by atoms with Crippen LogP contribution in [0.2, 0.25) is 0 Å². The highest BCUT2D eigenvalue weighted by Gasteiger charge is 2.16. The molecule has 0 radical (unpaired) electrons. The summed E-state index contributed by atoms with van der Waals surface area (Å²) in [4.78, 5) is 0. The highest BCUT2D eigenvalue weighted by atomic mass is 15.5. The lowest BCUT2D eigenvalue weighted by atomic mass is 10.2. The molecule has 106 valence electrons. The zero-order valence-electron chi connectivity index (χ0n) is 11.9. The number of aromatic nitrogens is 4. The summed E-state index contributed by atoms with van der Waals surface area (Å²) >= 11 is 0. The Morgan fingerprint density at radius 1 is 0.545 bits per heavy atom. The SMILES string of the molecule is c1ccc(-c2nnc(-c3ccccc3)n2-n2cccc2)cc1. The van der Waals surface area contributed by atoms with Gasteiger partial charge in [-0.15, -0.1) is 10.2 Å². The summed E-state index contributed by atoms with van der Waals surface area (Å²) in [5.41, 5.74) is 2.07. The molecule has 0 aliphatic heterocycles. The fourth-order valence-corrected chi connectivity index (χ4v) is 2.49. The van der Waals surface area contributed by atoms with Crippen LogP contribution in [0.15, 0.2) is 85.2 Å². The second kappa shape index (κ2) is 5.33. The van der Waals surface area contributed by atoms with Gasteiger partial charge in [-0.3, -0.25) is 4.68 Å². The van der Waals surface area contributed by atoms with Crippen molar-refractivity contribution >= 4 is 0 Å². The van der Waals surface area contributed by atoms with Crippen LogP contribution in [0.3, 0.4) is 0 Å². The molecule has 0 amide bonds. The second-order valence-corrected chi connectivity index (χ2v) is 4.95. The van der Waals surface area contributed by atoms with Gasteiger partial charge in [0.15, 0.2) is 11.6 Å². The van der Waals surface area contributed by atoms with E-state index in [0.29, 0.717) is 0 Å². The van der Waals surface area contributed by atoms with Crippen molar-refractivity contribution in [3.8, 4) is 22.8 Å². The Morgan fingerprint density at radius 2 is 1.00 bits per heavy atom. The van der Waals surface area contributed by atoms with Gasteiger partial charge in [0.2, 0.25) is 0 Å². The van der Waals surface area contributed by atoms with Crippen molar-refractivity contribution in [3.05, 3.63) is 85.2 Å². The average Bonchev–Trinajstić information content (AvgIpc) is 3.25. The van der Waals surface area contributed by atoms with Crippen LogP contribution in [-0.2, 0) is 0 Å². The Labute approximate surface area is 128 Å². The Balaban J connectivity index is 1.96. The molecule has 4 rings (SSSR count). The summed E-state index contributed by atoms with van der Waals surface area (Å²) < 4.78 is 4.01. The molecule has 0 spiro atoms. The van der Waals surface area contributed by atoms with Crippen LogP contribution in [-0.4, -0.2) is 19.5 Å². The molecule has 4 nitrogen and oxygen atoms in total. The van der Waals surface area contributed by atoms with E-state index in [9.17, 15) is 0 Å². The predicted octanol–water partition coefficient (Wildman–Crippen LogP) is 3.73. The van der Waals surface area contributed by atoms with Gasteiger partial charge in [-0.2, -0.15) is 0 Å². The molecule has 0 aliphatic carbocycles. The Hall–Kier alpha value is -3.14. The van der Waals surface area contributed by atoms with E-state index >= 15 is 0 Å². The third-order valence-corrected chi connectivity index (χ3v) is 3.52. The van der Waals surface area contributed by atoms with Gasteiger partial charge in [-0.1, -0.05) is 60.7 Å². The smallest absolute Gasteiger partial charge is 0.183 e. The number of rotatable bonds is 3. The van der Waals surface area contributed by atoms with Crippen molar-refractivity contribution < 1.29 is 0 Å². The van der Waals surface area contributed by atoms with Crippen molar-refractivity contribution in [1.29, 1.82) is 0 Å².